The Hall–Kier alpha value is 0.1000. The molecule has 0 bridgehead atoms. The maximum Gasteiger partial charge on any atom is 0.139 e. The van der Waals surface area contributed by atoms with Crippen molar-refractivity contribution in [3.05, 3.63) is 23.2 Å². The summed E-state index contributed by atoms with van der Waals surface area (Å²) in [6.45, 7) is 0. The van der Waals surface area contributed by atoms with Crippen LogP contribution >= 0.6 is 34.2 Å². The molecule has 0 spiro atoms. The monoisotopic (exact) mass is 254 g/mol. The predicted molar refractivity (Wildman–Crippen MR) is 44.8 cm³/mol. The fraction of sp³-hybridized carbons (Fsp3) is 0.200. The highest BCUT2D eigenvalue weighted by atomic mass is 127. The quantitative estimate of drug-likeness (QED) is 0.435. The van der Waals surface area contributed by atoms with Gasteiger partial charge < -0.3 is 0 Å². The summed E-state index contributed by atoms with van der Waals surface area (Å²) in [5.74, 6) is 0.781. The molecule has 1 heterocycles. The number of rotatable bonds is 1. The fourth-order valence-corrected chi connectivity index (χ4v) is 0.960. The number of hydrogen-bond donors (Lipinski definition) is 0. The highest BCUT2D eigenvalue weighted by Gasteiger charge is 1.91. The van der Waals surface area contributed by atoms with E-state index in [1.54, 1.807) is 12.3 Å². The molecule has 1 rings (SSSR count). The molecule has 0 fully saturated rings. The lowest BCUT2D eigenvalue weighted by atomic mass is 10.6. The van der Waals surface area contributed by atoms with Gasteiger partial charge in [0.25, 0.3) is 0 Å². The van der Waals surface area contributed by atoms with Crippen molar-refractivity contribution in [2.45, 2.75) is 4.43 Å². The topological polar surface area (TPSA) is 25.8 Å². The molecule has 0 unspecified atom stereocenters. The minimum absolute atomic E-state index is 0.511. The summed E-state index contributed by atoms with van der Waals surface area (Å²) in [5, 5.41) is 0.511. The number of aromatic nitrogens is 2. The van der Waals surface area contributed by atoms with Crippen molar-refractivity contribution in [1.29, 1.82) is 0 Å². The first-order valence-corrected chi connectivity index (χ1v) is 4.26. The van der Waals surface area contributed by atoms with Gasteiger partial charge in [-0.1, -0.05) is 34.2 Å². The molecule has 1 aromatic rings. The van der Waals surface area contributed by atoms with E-state index in [4.69, 9.17) is 11.6 Å². The minimum Gasteiger partial charge on any atom is -0.240 e. The molecule has 0 atom stereocenters. The van der Waals surface area contributed by atoms with Crippen LogP contribution in [0.5, 0.6) is 0 Å². The molecule has 48 valence electrons. The van der Waals surface area contributed by atoms with E-state index >= 15 is 0 Å². The smallest absolute Gasteiger partial charge is 0.139 e. The van der Waals surface area contributed by atoms with Crippen molar-refractivity contribution >= 4 is 34.2 Å². The van der Waals surface area contributed by atoms with Crippen LogP contribution in [0.4, 0.5) is 0 Å². The molecule has 9 heavy (non-hydrogen) atoms. The van der Waals surface area contributed by atoms with E-state index in [0.29, 0.717) is 5.15 Å². The molecule has 0 aliphatic rings. The number of alkyl halides is 1. The van der Waals surface area contributed by atoms with Crippen LogP contribution < -0.4 is 0 Å². The van der Waals surface area contributed by atoms with E-state index in [1.807, 2.05) is 0 Å². The molecule has 0 radical (unpaired) electrons. The Morgan fingerprint density at radius 3 is 2.89 bits per heavy atom. The van der Waals surface area contributed by atoms with Crippen LogP contribution in [-0.4, -0.2) is 9.97 Å². The van der Waals surface area contributed by atoms with Crippen LogP contribution in [-0.2, 0) is 4.43 Å². The first-order valence-electron chi connectivity index (χ1n) is 2.36. The standard InChI is InChI=1S/C5H4ClIN2/c6-4-1-2-8-5(3-7)9-4/h1-2H,3H2. The Balaban J connectivity index is 2.94. The van der Waals surface area contributed by atoms with E-state index < -0.39 is 0 Å². The van der Waals surface area contributed by atoms with Crippen molar-refractivity contribution in [3.8, 4) is 0 Å². The zero-order chi connectivity index (χ0) is 6.69. The molecule has 0 aliphatic carbocycles. The fourth-order valence-electron chi connectivity index (χ4n) is 0.439. The van der Waals surface area contributed by atoms with Crippen molar-refractivity contribution in [2.24, 2.45) is 0 Å². The predicted octanol–water partition coefficient (Wildman–Crippen LogP) is 2.06. The Labute approximate surface area is 71.8 Å². The molecule has 0 aliphatic heterocycles. The largest absolute Gasteiger partial charge is 0.240 e. The van der Waals surface area contributed by atoms with Gasteiger partial charge in [0.15, 0.2) is 0 Å². The van der Waals surface area contributed by atoms with E-state index in [9.17, 15) is 0 Å². The maximum absolute atomic E-state index is 5.57. The normalized spacial score (nSPS) is 9.56. The van der Waals surface area contributed by atoms with Crippen LogP contribution in [0.15, 0.2) is 12.3 Å². The third-order valence-corrected chi connectivity index (χ3v) is 1.68. The van der Waals surface area contributed by atoms with Crippen molar-refractivity contribution in [2.75, 3.05) is 0 Å². The van der Waals surface area contributed by atoms with Gasteiger partial charge in [-0.05, 0) is 6.07 Å². The minimum atomic E-state index is 0.511. The van der Waals surface area contributed by atoms with Crippen molar-refractivity contribution in [1.82, 2.24) is 9.97 Å². The lowest BCUT2D eigenvalue weighted by molar-refractivity contribution is 1.05. The van der Waals surface area contributed by atoms with Crippen LogP contribution in [0.3, 0.4) is 0 Å². The lowest BCUT2D eigenvalue weighted by Crippen LogP contribution is -1.88. The van der Waals surface area contributed by atoms with E-state index in [1.165, 1.54) is 0 Å². The van der Waals surface area contributed by atoms with E-state index in [0.717, 1.165) is 10.3 Å². The van der Waals surface area contributed by atoms with Gasteiger partial charge in [-0.2, -0.15) is 0 Å². The summed E-state index contributed by atoms with van der Waals surface area (Å²) < 4.78 is 0.804. The summed E-state index contributed by atoms with van der Waals surface area (Å²) in [7, 11) is 0. The average molecular weight is 254 g/mol. The van der Waals surface area contributed by atoms with Crippen LogP contribution in [0.25, 0.3) is 0 Å². The molecule has 0 saturated heterocycles. The first-order chi connectivity index (χ1) is 4.33. The number of halogens is 2. The third kappa shape index (κ3) is 2.06. The van der Waals surface area contributed by atoms with E-state index in [2.05, 4.69) is 32.6 Å². The summed E-state index contributed by atoms with van der Waals surface area (Å²) in [4.78, 5) is 7.89. The second kappa shape index (κ2) is 3.31. The number of nitrogens with zero attached hydrogens (tertiary/aromatic N) is 2. The zero-order valence-electron chi connectivity index (χ0n) is 4.51. The molecule has 4 heteroatoms. The molecule has 2 nitrogen and oxygen atoms in total. The number of hydrogen-bond acceptors (Lipinski definition) is 2. The summed E-state index contributed by atoms with van der Waals surface area (Å²) in [6, 6.07) is 1.66. The highest BCUT2D eigenvalue weighted by molar-refractivity contribution is 14.1. The highest BCUT2D eigenvalue weighted by Crippen LogP contribution is 2.04. The van der Waals surface area contributed by atoms with Gasteiger partial charge in [0.2, 0.25) is 0 Å². The molecule has 0 aromatic carbocycles. The second-order valence-corrected chi connectivity index (χ2v) is 2.58. The average Bonchev–Trinajstić information content (AvgIpc) is 1.88. The Bertz CT molecular complexity index is 204. The molecular weight excluding hydrogens is 250 g/mol. The van der Waals surface area contributed by atoms with Gasteiger partial charge >= 0.3 is 0 Å². The first kappa shape index (κ1) is 7.21. The SMILES string of the molecule is Clc1ccnc(CI)n1. The third-order valence-electron chi connectivity index (χ3n) is 0.791. The zero-order valence-corrected chi connectivity index (χ0v) is 7.43. The van der Waals surface area contributed by atoms with Gasteiger partial charge in [-0.25, -0.2) is 9.97 Å². The summed E-state index contributed by atoms with van der Waals surface area (Å²) >= 11 is 7.76. The molecular formula is C5H4ClIN2. The Morgan fingerprint density at radius 1 is 1.67 bits per heavy atom. The van der Waals surface area contributed by atoms with Gasteiger partial charge in [0.05, 0.1) is 4.43 Å². The van der Waals surface area contributed by atoms with Crippen LogP contribution in [0.2, 0.25) is 5.15 Å². The van der Waals surface area contributed by atoms with Crippen LogP contribution in [0.1, 0.15) is 5.82 Å². The summed E-state index contributed by atoms with van der Waals surface area (Å²) in [5.41, 5.74) is 0. The van der Waals surface area contributed by atoms with Gasteiger partial charge in [0, 0.05) is 6.20 Å². The second-order valence-electron chi connectivity index (χ2n) is 1.43. The maximum atomic E-state index is 5.57. The molecule has 1 aromatic heterocycles. The van der Waals surface area contributed by atoms with Crippen LogP contribution in [0, 0.1) is 0 Å². The van der Waals surface area contributed by atoms with Crippen molar-refractivity contribution < 1.29 is 0 Å². The van der Waals surface area contributed by atoms with Crippen molar-refractivity contribution in [3.63, 3.8) is 0 Å². The molecule has 0 amide bonds. The van der Waals surface area contributed by atoms with E-state index in [-0.39, 0.29) is 0 Å². The van der Waals surface area contributed by atoms with Gasteiger partial charge in [-0.3, -0.25) is 0 Å². The summed E-state index contributed by atoms with van der Waals surface area (Å²) in [6.07, 6.45) is 1.66. The van der Waals surface area contributed by atoms with Gasteiger partial charge in [0.1, 0.15) is 11.0 Å². The molecule has 0 saturated carbocycles. The molecule has 0 N–H and O–H groups in total. The Kier molecular flexibility index (Phi) is 2.65. The van der Waals surface area contributed by atoms with Gasteiger partial charge in [-0.15, -0.1) is 0 Å². The lowest BCUT2D eigenvalue weighted by Gasteiger charge is -1.90. The Morgan fingerprint density at radius 2 is 2.44 bits per heavy atom.